The summed E-state index contributed by atoms with van der Waals surface area (Å²) in [6, 6.07) is 0. The molecule has 3 nitrogen and oxygen atoms in total. The highest BCUT2D eigenvalue weighted by molar-refractivity contribution is 5.84. The molecule has 1 amide bonds. The topological polar surface area (TPSA) is 40.5 Å². The molecule has 0 bridgehead atoms. The van der Waals surface area contributed by atoms with E-state index in [2.05, 4.69) is 27.7 Å². The second-order valence-corrected chi connectivity index (χ2v) is 6.43. The van der Waals surface area contributed by atoms with Crippen molar-refractivity contribution in [3.05, 3.63) is 0 Å². The van der Waals surface area contributed by atoms with Crippen LogP contribution in [0.15, 0.2) is 0 Å². The van der Waals surface area contributed by atoms with Crippen LogP contribution in [0, 0.1) is 16.7 Å². The first-order valence-corrected chi connectivity index (χ1v) is 6.25. The molecule has 1 heterocycles. The fourth-order valence-electron chi connectivity index (χ4n) is 3.08. The molecule has 0 aromatic heterocycles. The van der Waals surface area contributed by atoms with Gasteiger partial charge in [0.05, 0.1) is 6.10 Å². The van der Waals surface area contributed by atoms with Crippen molar-refractivity contribution >= 4 is 5.91 Å². The lowest BCUT2D eigenvalue weighted by Gasteiger charge is -2.30. The van der Waals surface area contributed by atoms with Crippen LogP contribution < -0.4 is 0 Å². The van der Waals surface area contributed by atoms with E-state index in [9.17, 15) is 9.90 Å². The van der Waals surface area contributed by atoms with E-state index < -0.39 is 0 Å². The minimum atomic E-state index is -0.204. The number of carbonyl (C=O) groups is 1. The number of nitrogens with zero attached hydrogens (tertiary/aromatic N) is 1. The zero-order valence-corrected chi connectivity index (χ0v) is 10.8. The molecule has 3 heteroatoms. The van der Waals surface area contributed by atoms with Crippen LogP contribution in [0.2, 0.25) is 0 Å². The Morgan fingerprint density at radius 3 is 1.94 bits per heavy atom. The summed E-state index contributed by atoms with van der Waals surface area (Å²) >= 11 is 0. The van der Waals surface area contributed by atoms with Gasteiger partial charge in [0.25, 0.3) is 0 Å². The van der Waals surface area contributed by atoms with Gasteiger partial charge < -0.3 is 10.0 Å². The van der Waals surface area contributed by atoms with Crippen LogP contribution in [-0.2, 0) is 4.79 Å². The number of aliphatic hydroxyl groups excluding tert-OH is 1. The molecule has 1 N–H and O–H groups in total. The van der Waals surface area contributed by atoms with Gasteiger partial charge in [-0.25, -0.2) is 0 Å². The van der Waals surface area contributed by atoms with Crippen LogP contribution >= 0.6 is 0 Å². The second kappa shape index (κ2) is 3.46. The quantitative estimate of drug-likeness (QED) is 0.737. The van der Waals surface area contributed by atoms with E-state index in [-0.39, 0.29) is 22.9 Å². The van der Waals surface area contributed by atoms with Crippen LogP contribution in [0.3, 0.4) is 0 Å². The molecular formula is C13H23NO2. The molecule has 2 fully saturated rings. The SMILES string of the molecule is CC1(C)C(C(=O)N2CCC(O)CC2)C1(C)C. The van der Waals surface area contributed by atoms with Gasteiger partial charge in [-0.3, -0.25) is 4.79 Å². The summed E-state index contributed by atoms with van der Waals surface area (Å²) in [5, 5.41) is 9.43. The molecule has 1 aliphatic carbocycles. The molecule has 2 rings (SSSR count). The van der Waals surface area contributed by atoms with Crippen molar-refractivity contribution in [3.8, 4) is 0 Å². The van der Waals surface area contributed by atoms with E-state index in [1.54, 1.807) is 0 Å². The molecule has 16 heavy (non-hydrogen) atoms. The number of hydrogen-bond donors (Lipinski definition) is 1. The summed E-state index contributed by atoms with van der Waals surface area (Å²) < 4.78 is 0. The normalized spacial score (nSPS) is 29.2. The summed E-state index contributed by atoms with van der Waals surface area (Å²) in [5.41, 5.74) is 0.250. The van der Waals surface area contributed by atoms with Crippen molar-refractivity contribution in [2.24, 2.45) is 16.7 Å². The number of rotatable bonds is 1. The molecule has 0 unspecified atom stereocenters. The molecular weight excluding hydrogens is 202 g/mol. The van der Waals surface area contributed by atoms with Crippen molar-refractivity contribution in [2.45, 2.75) is 46.6 Å². The third kappa shape index (κ3) is 1.56. The van der Waals surface area contributed by atoms with E-state index in [0.29, 0.717) is 5.91 Å². The van der Waals surface area contributed by atoms with Gasteiger partial charge in [-0.05, 0) is 23.7 Å². The summed E-state index contributed by atoms with van der Waals surface area (Å²) in [5.74, 6) is 0.456. The monoisotopic (exact) mass is 225 g/mol. The number of piperidine rings is 1. The third-order valence-electron chi connectivity index (χ3n) is 5.04. The van der Waals surface area contributed by atoms with E-state index in [0.717, 1.165) is 25.9 Å². The van der Waals surface area contributed by atoms with Gasteiger partial charge >= 0.3 is 0 Å². The summed E-state index contributed by atoms with van der Waals surface area (Å²) in [4.78, 5) is 14.3. The van der Waals surface area contributed by atoms with Gasteiger partial charge in [-0.15, -0.1) is 0 Å². The predicted octanol–water partition coefficient (Wildman–Crippen LogP) is 1.65. The molecule has 1 saturated carbocycles. The van der Waals surface area contributed by atoms with Crippen LogP contribution in [0.5, 0.6) is 0 Å². The predicted molar refractivity (Wildman–Crippen MR) is 62.9 cm³/mol. The van der Waals surface area contributed by atoms with Crippen molar-refractivity contribution in [2.75, 3.05) is 13.1 Å². The highest BCUT2D eigenvalue weighted by Crippen LogP contribution is 2.68. The molecule has 1 aliphatic heterocycles. The van der Waals surface area contributed by atoms with Crippen molar-refractivity contribution in [1.82, 2.24) is 4.90 Å². The average Bonchev–Trinajstić information content (AvgIpc) is 2.57. The van der Waals surface area contributed by atoms with Gasteiger partial charge in [0, 0.05) is 19.0 Å². The molecule has 0 spiro atoms. The minimum Gasteiger partial charge on any atom is -0.393 e. The third-order valence-corrected chi connectivity index (χ3v) is 5.04. The lowest BCUT2D eigenvalue weighted by atomic mass is 10.0. The number of carbonyl (C=O) groups excluding carboxylic acids is 1. The fraction of sp³-hybridized carbons (Fsp3) is 0.923. The molecule has 0 radical (unpaired) electrons. The van der Waals surface area contributed by atoms with Gasteiger partial charge in [-0.1, -0.05) is 27.7 Å². The van der Waals surface area contributed by atoms with Crippen molar-refractivity contribution in [1.29, 1.82) is 0 Å². The van der Waals surface area contributed by atoms with Crippen LogP contribution in [0.4, 0.5) is 0 Å². The Balaban J connectivity index is 2.00. The molecule has 0 aromatic rings. The zero-order chi connectivity index (χ0) is 12.1. The highest BCUT2D eigenvalue weighted by Gasteiger charge is 2.68. The lowest BCUT2D eigenvalue weighted by Crippen LogP contribution is -2.41. The van der Waals surface area contributed by atoms with E-state index in [4.69, 9.17) is 0 Å². The zero-order valence-electron chi connectivity index (χ0n) is 10.8. The first-order chi connectivity index (χ1) is 7.28. The Labute approximate surface area is 97.8 Å². The van der Waals surface area contributed by atoms with Crippen LogP contribution in [-0.4, -0.2) is 35.1 Å². The average molecular weight is 225 g/mol. The standard InChI is InChI=1S/C13H23NO2/c1-12(2)10(13(12,3)4)11(16)14-7-5-9(15)6-8-14/h9-10,15H,5-8H2,1-4H3. The highest BCUT2D eigenvalue weighted by atomic mass is 16.3. The first-order valence-electron chi connectivity index (χ1n) is 6.25. The van der Waals surface area contributed by atoms with Crippen molar-refractivity contribution in [3.63, 3.8) is 0 Å². The lowest BCUT2D eigenvalue weighted by molar-refractivity contribution is -0.135. The number of hydrogen-bond acceptors (Lipinski definition) is 2. The summed E-state index contributed by atoms with van der Waals surface area (Å²) in [7, 11) is 0. The molecule has 0 atom stereocenters. The maximum Gasteiger partial charge on any atom is 0.226 e. The Morgan fingerprint density at radius 2 is 1.56 bits per heavy atom. The Hall–Kier alpha value is -0.570. The molecule has 0 aromatic carbocycles. The first kappa shape index (κ1) is 11.9. The second-order valence-electron chi connectivity index (χ2n) is 6.43. The van der Waals surface area contributed by atoms with Crippen molar-refractivity contribution < 1.29 is 9.90 Å². The van der Waals surface area contributed by atoms with E-state index in [1.165, 1.54) is 0 Å². The fourth-order valence-corrected chi connectivity index (χ4v) is 3.08. The van der Waals surface area contributed by atoms with E-state index >= 15 is 0 Å². The largest absolute Gasteiger partial charge is 0.393 e. The Morgan fingerprint density at radius 1 is 1.12 bits per heavy atom. The maximum atomic E-state index is 12.3. The van der Waals surface area contributed by atoms with Gasteiger partial charge in [0.2, 0.25) is 5.91 Å². The van der Waals surface area contributed by atoms with Crippen LogP contribution in [0.1, 0.15) is 40.5 Å². The Bertz CT molecular complexity index is 287. The molecule has 1 saturated heterocycles. The number of likely N-dealkylation sites (tertiary alicyclic amines) is 1. The number of aliphatic hydroxyl groups is 1. The van der Waals surface area contributed by atoms with Gasteiger partial charge in [0.15, 0.2) is 0 Å². The van der Waals surface area contributed by atoms with E-state index in [1.807, 2.05) is 4.90 Å². The summed E-state index contributed by atoms with van der Waals surface area (Å²) in [6.07, 6.45) is 1.27. The Kier molecular flexibility index (Phi) is 2.57. The van der Waals surface area contributed by atoms with Crippen LogP contribution in [0.25, 0.3) is 0 Å². The smallest absolute Gasteiger partial charge is 0.226 e. The summed E-state index contributed by atoms with van der Waals surface area (Å²) in [6.45, 7) is 10.1. The molecule has 2 aliphatic rings. The minimum absolute atomic E-state index is 0.125. The van der Waals surface area contributed by atoms with Gasteiger partial charge in [-0.2, -0.15) is 0 Å². The van der Waals surface area contributed by atoms with Gasteiger partial charge in [0.1, 0.15) is 0 Å². The maximum absolute atomic E-state index is 12.3. The molecule has 92 valence electrons. The number of amides is 1.